The molecule has 1 aromatic carbocycles. The first-order valence-electron chi connectivity index (χ1n) is 9.73. The summed E-state index contributed by atoms with van der Waals surface area (Å²) in [5, 5.41) is 12.8. The average Bonchev–Trinajstić information content (AvgIpc) is 3.31. The van der Waals surface area contributed by atoms with Crippen LogP contribution in [-0.2, 0) is 28.3 Å². The maximum atomic E-state index is 13.5. The smallest absolute Gasteiger partial charge is 0.296 e. The molecule has 8 nitrogen and oxygen atoms in total. The normalized spacial score (nSPS) is 17.3. The molecular formula is C20H22FN3O5S. The van der Waals surface area contributed by atoms with Crippen molar-refractivity contribution in [1.29, 1.82) is 0 Å². The summed E-state index contributed by atoms with van der Waals surface area (Å²) in [6.45, 7) is 0.232. The number of amides is 1. The van der Waals surface area contributed by atoms with E-state index in [1.165, 1.54) is 10.6 Å². The molecule has 1 aliphatic heterocycles. The summed E-state index contributed by atoms with van der Waals surface area (Å²) < 4.78 is 38.8. The number of aromatic hydroxyl groups is 1. The van der Waals surface area contributed by atoms with E-state index >= 15 is 0 Å². The van der Waals surface area contributed by atoms with Crippen molar-refractivity contribution < 1.29 is 22.7 Å². The van der Waals surface area contributed by atoms with Crippen LogP contribution in [-0.4, -0.2) is 35.2 Å². The Morgan fingerprint density at radius 1 is 1.30 bits per heavy atom. The topological polar surface area (TPSA) is 118 Å². The van der Waals surface area contributed by atoms with Gasteiger partial charge in [-0.25, -0.2) is 17.8 Å². The minimum Gasteiger partial charge on any atom is -0.501 e. The highest BCUT2D eigenvalue weighted by molar-refractivity contribution is 7.90. The molecule has 0 radical (unpaired) electrons. The summed E-state index contributed by atoms with van der Waals surface area (Å²) >= 11 is 0. The minimum atomic E-state index is -3.72. The van der Waals surface area contributed by atoms with E-state index in [9.17, 15) is 27.5 Å². The molecule has 160 valence electrons. The van der Waals surface area contributed by atoms with Crippen LogP contribution in [0.25, 0.3) is 0 Å². The molecule has 1 amide bonds. The van der Waals surface area contributed by atoms with Crippen LogP contribution in [0.2, 0.25) is 0 Å². The van der Waals surface area contributed by atoms with Gasteiger partial charge in [0, 0.05) is 24.8 Å². The number of hydrogen-bond donors (Lipinski definition) is 2. The molecule has 4 rings (SSSR count). The predicted molar refractivity (Wildman–Crippen MR) is 106 cm³/mol. The van der Waals surface area contributed by atoms with Crippen molar-refractivity contribution in [1.82, 2.24) is 14.9 Å². The number of rotatable bonds is 4. The largest absolute Gasteiger partial charge is 0.501 e. The number of nitrogens with one attached hydrogen (secondary N) is 1. The van der Waals surface area contributed by atoms with E-state index in [-0.39, 0.29) is 28.1 Å². The van der Waals surface area contributed by atoms with Crippen LogP contribution in [0.3, 0.4) is 0 Å². The number of fused-ring (bicyclic) bond motifs is 2. The Morgan fingerprint density at radius 3 is 2.67 bits per heavy atom. The maximum Gasteiger partial charge on any atom is 0.296 e. The summed E-state index contributed by atoms with van der Waals surface area (Å²) in [5.41, 5.74) is -1.06. The van der Waals surface area contributed by atoms with Gasteiger partial charge in [0.25, 0.3) is 11.5 Å². The molecule has 30 heavy (non-hydrogen) atoms. The first-order chi connectivity index (χ1) is 14.1. The van der Waals surface area contributed by atoms with Crippen molar-refractivity contribution in [3.8, 4) is 5.75 Å². The predicted octanol–water partition coefficient (Wildman–Crippen LogP) is 1.64. The number of nitrogens with zero attached hydrogens (tertiary/aromatic N) is 2. The Bertz CT molecular complexity index is 1200. The Morgan fingerprint density at radius 2 is 2.00 bits per heavy atom. The minimum absolute atomic E-state index is 0.192. The monoisotopic (exact) mass is 435 g/mol. The van der Waals surface area contributed by atoms with Gasteiger partial charge in [0.15, 0.2) is 15.5 Å². The highest BCUT2D eigenvalue weighted by Crippen LogP contribution is 2.46. The van der Waals surface area contributed by atoms with Gasteiger partial charge in [0.2, 0.25) is 5.75 Å². The second-order valence-electron chi connectivity index (χ2n) is 8.03. The second kappa shape index (κ2) is 7.19. The zero-order valence-electron chi connectivity index (χ0n) is 16.4. The zero-order valence-corrected chi connectivity index (χ0v) is 17.3. The van der Waals surface area contributed by atoms with E-state index in [4.69, 9.17) is 0 Å². The lowest BCUT2D eigenvalue weighted by molar-refractivity contribution is 0.0941. The number of sulfone groups is 1. The maximum absolute atomic E-state index is 13.5. The lowest BCUT2D eigenvalue weighted by Gasteiger charge is -2.22. The molecule has 0 unspecified atom stereocenters. The molecule has 2 aliphatic rings. The summed E-state index contributed by atoms with van der Waals surface area (Å²) in [6, 6.07) is 3.25. The first-order valence-corrected chi connectivity index (χ1v) is 11.6. The first kappa shape index (κ1) is 20.5. The van der Waals surface area contributed by atoms with E-state index in [0.717, 1.165) is 50.5 Å². The molecule has 0 atom stereocenters. The van der Waals surface area contributed by atoms with Crippen LogP contribution in [0.1, 0.15) is 54.0 Å². The molecule has 1 spiro atoms. The van der Waals surface area contributed by atoms with Gasteiger partial charge in [-0.1, -0.05) is 18.9 Å². The third kappa shape index (κ3) is 3.38. The third-order valence-electron chi connectivity index (χ3n) is 6.08. The van der Waals surface area contributed by atoms with Crippen molar-refractivity contribution in [2.45, 2.75) is 55.5 Å². The van der Waals surface area contributed by atoms with Crippen LogP contribution in [0.4, 0.5) is 4.39 Å². The summed E-state index contributed by atoms with van der Waals surface area (Å²) in [7, 11) is -3.72. The van der Waals surface area contributed by atoms with Crippen molar-refractivity contribution in [3.05, 3.63) is 51.5 Å². The summed E-state index contributed by atoms with van der Waals surface area (Å²) in [5.74, 6) is -1.70. The van der Waals surface area contributed by atoms with Crippen LogP contribution >= 0.6 is 0 Å². The van der Waals surface area contributed by atoms with Crippen LogP contribution < -0.4 is 10.9 Å². The number of benzene rings is 1. The average molecular weight is 435 g/mol. The highest BCUT2D eigenvalue weighted by atomic mass is 32.2. The molecule has 2 heterocycles. The molecule has 1 saturated carbocycles. The number of halogens is 1. The molecule has 1 fully saturated rings. The SMILES string of the molecule is CS(=O)(=O)c1cc(F)ccc1CNC(=O)c1nc2n(c(=O)c1O)CCC21CCCC1. The molecule has 1 aromatic heterocycles. The van der Waals surface area contributed by atoms with E-state index in [2.05, 4.69) is 10.3 Å². The molecule has 0 bridgehead atoms. The van der Waals surface area contributed by atoms with Crippen molar-refractivity contribution >= 4 is 15.7 Å². The van der Waals surface area contributed by atoms with Crippen molar-refractivity contribution in [2.75, 3.05) is 6.26 Å². The molecular weight excluding hydrogens is 413 g/mol. The lowest BCUT2D eigenvalue weighted by atomic mass is 9.84. The Kier molecular flexibility index (Phi) is 4.92. The fourth-order valence-electron chi connectivity index (χ4n) is 4.56. The van der Waals surface area contributed by atoms with Crippen molar-refractivity contribution in [3.63, 3.8) is 0 Å². The third-order valence-corrected chi connectivity index (χ3v) is 7.26. The van der Waals surface area contributed by atoms with E-state index in [1.54, 1.807) is 0 Å². The summed E-state index contributed by atoms with van der Waals surface area (Å²) in [4.78, 5) is 29.4. The second-order valence-corrected chi connectivity index (χ2v) is 10.0. The standard InChI is InChI=1S/C20H22FN3O5S/c1-30(28,29)14-10-13(21)5-4-12(14)11-22-17(26)15-16(25)18(27)24-9-8-20(19(24)23-15)6-2-3-7-20/h4-5,10,25H,2-3,6-9,11H2,1H3,(H,22,26). The fourth-order valence-corrected chi connectivity index (χ4v) is 5.50. The molecule has 0 saturated heterocycles. The fraction of sp³-hybridized carbons (Fsp3) is 0.450. The van der Waals surface area contributed by atoms with E-state index in [1.807, 2.05) is 0 Å². The van der Waals surface area contributed by atoms with Gasteiger partial charge >= 0.3 is 0 Å². The van der Waals surface area contributed by atoms with E-state index in [0.29, 0.717) is 12.4 Å². The molecule has 10 heteroatoms. The molecule has 2 N–H and O–H groups in total. The summed E-state index contributed by atoms with van der Waals surface area (Å²) in [6.07, 6.45) is 5.53. The Labute approximate surface area is 172 Å². The Hall–Kier alpha value is -2.75. The number of carbonyl (C=O) groups is 1. The quantitative estimate of drug-likeness (QED) is 0.754. The van der Waals surface area contributed by atoms with Crippen LogP contribution in [0.15, 0.2) is 27.9 Å². The van der Waals surface area contributed by atoms with E-state index < -0.39 is 32.9 Å². The zero-order chi connectivity index (χ0) is 21.7. The van der Waals surface area contributed by atoms with Crippen LogP contribution in [0.5, 0.6) is 5.75 Å². The van der Waals surface area contributed by atoms with Gasteiger partial charge in [-0.3, -0.25) is 14.2 Å². The Balaban J connectivity index is 1.65. The number of carbonyl (C=O) groups excluding carboxylic acids is 1. The van der Waals surface area contributed by atoms with Gasteiger partial charge in [-0.15, -0.1) is 0 Å². The molecule has 2 aromatic rings. The van der Waals surface area contributed by atoms with Gasteiger partial charge in [-0.05, 0) is 37.0 Å². The van der Waals surface area contributed by atoms with Crippen molar-refractivity contribution in [2.24, 2.45) is 0 Å². The van der Waals surface area contributed by atoms with Gasteiger partial charge < -0.3 is 10.4 Å². The molecule has 1 aliphatic carbocycles. The number of hydrogen-bond acceptors (Lipinski definition) is 6. The van der Waals surface area contributed by atoms with Crippen LogP contribution in [0, 0.1) is 5.82 Å². The highest BCUT2D eigenvalue weighted by Gasteiger charge is 2.44. The van der Waals surface area contributed by atoms with Gasteiger partial charge in [0.1, 0.15) is 11.6 Å². The lowest BCUT2D eigenvalue weighted by Crippen LogP contribution is -2.32. The van der Waals surface area contributed by atoms with Gasteiger partial charge in [0.05, 0.1) is 4.90 Å². The number of aromatic nitrogens is 2. The van der Waals surface area contributed by atoms with Gasteiger partial charge in [-0.2, -0.15) is 0 Å².